The Labute approximate surface area is 102 Å². The topological polar surface area (TPSA) is 0 Å². The fourth-order valence-electron chi connectivity index (χ4n) is 1.01. The van der Waals surface area contributed by atoms with Crippen LogP contribution in [0.1, 0.15) is 32.6 Å². The zero-order chi connectivity index (χ0) is 9.78. The standard InChI is InChI=1S/C8H12.C2H5B3.Co/c1-2-4-6-8-7-5-3-1;1-2-4-5-3;/h1-4H,5-8H2;2H2,1H3;. The van der Waals surface area contributed by atoms with Gasteiger partial charge in [0.05, 0.1) is 7.17 Å². The second-order valence-electron chi connectivity index (χ2n) is 2.98. The molecule has 5 radical (unpaired) electrons. The van der Waals surface area contributed by atoms with Crippen molar-refractivity contribution in [1.29, 1.82) is 0 Å². The number of hydrogen-bond acceptors (Lipinski definition) is 0. The van der Waals surface area contributed by atoms with Gasteiger partial charge in [-0.25, -0.2) is 0 Å². The van der Waals surface area contributed by atoms with Crippen molar-refractivity contribution in [2.45, 2.75) is 38.9 Å². The molecule has 0 atom stereocenters. The molecule has 1 aliphatic rings. The van der Waals surface area contributed by atoms with Crippen molar-refractivity contribution in [3.63, 3.8) is 0 Å². The van der Waals surface area contributed by atoms with Gasteiger partial charge in [-0.3, -0.25) is 0 Å². The summed E-state index contributed by atoms with van der Waals surface area (Å²) in [6.07, 6.45) is 15.0. The van der Waals surface area contributed by atoms with E-state index in [1.807, 2.05) is 14.1 Å². The molecule has 0 aliphatic heterocycles. The van der Waals surface area contributed by atoms with E-state index in [1.54, 1.807) is 7.06 Å². The van der Waals surface area contributed by atoms with Crippen LogP contribution in [-0.4, -0.2) is 22.0 Å². The first kappa shape index (κ1) is 16.6. The third-order valence-electron chi connectivity index (χ3n) is 1.75. The smallest absolute Gasteiger partial charge is 0.0541 e. The molecular weight excluding hydrogens is 211 g/mol. The van der Waals surface area contributed by atoms with E-state index in [9.17, 15) is 0 Å². The van der Waals surface area contributed by atoms with E-state index in [1.165, 1.54) is 25.7 Å². The SMILES string of the molecule is C1=CCCCCC=C1.[B][B][B]CC.[Co]. The average molecular weight is 229 g/mol. The molecule has 0 spiro atoms. The van der Waals surface area contributed by atoms with Crippen molar-refractivity contribution in [3.8, 4) is 0 Å². The van der Waals surface area contributed by atoms with Crippen LogP contribution in [0.2, 0.25) is 6.32 Å². The summed E-state index contributed by atoms with van der Waals surface area (Å²) in [5.41, 5.74) is 0. The maximum Gasteiger partial charge on any atom is 0.0541 e. The minimum absolute atomic E-state index is 0. The van der Waals surface area contributed by atoms with Gasteiger partial charge in [-0.05, 0) is 25.7 Å². The average Bonchev–Trinajstić information content (AvgIpc) is 2.05. The Bertz CT molecular complexity index is 130. The predicted molar refractivity (Wildman–Crippen MR) is 64.5 cm³/mol. The summed E-state index contributed by atoms with van der Waals surface area (Å²) in [7, 11) is 8.42. The quantitative estimate of drug-likeness (QED) is 0.637. The largest absolute Gasteiger partial charge is 0.0923 e. The monoisotopic (exact) mass is 229 g/mol. The van der Waals surface area contributed by atoms with Crippen molar-refractivity contribution in [2.24, 2.45) is 0 Å². The van der Waals surface area contributed by atoms with E-state index < -0.39 is 0 Å². The molecule has 1 aliphatic carbocycles. The summed E-state index contributed by atoms with van der Waals surface area (Å²) in [5, 5.41) is 0. The van der Waals surface area contributed by atoms with E-state index in [0.717, 1.165) is 6.32 Å². The van der Waals surface area contributed by atoms with Gasteiger partial charge in [-0.2, -0.15) is 0 Å². The Morgan fingerprint density at radius 2 is 1.64 bits per heavy atom. The summed E-state index contributed by atoms with van der Waals surface area (Å²) in [6.45, 7) is 2.04. The summed E-state index contributed by atoms with van der Waals surface area (Å²) in [5.74, 6) is 0. The van der Waals surface area contributed by atoms with Crippen LogP contribution in [0.3, 0.4) is 0 Å². The van der Waals surface area contributed by atoms with Gasteiger partial charge in [0.2, 0.25) is 0 Å². The second kappa shape index (κ2) is 15.6. The molecule has 75 valence electrons. The van der Waals surface area contributed by atoms with E-state index in [2.05, 4.69) is 24.3 Å². The van der Waals surface area contributed by atoms with Gasteiger partial charge in [0.1, 0.15) is 0 Å². The van der Waals surface area contributed by atoms with Gasteiger partial charge < -0.3 is 0 Å². The fourth-order valence-corrected chi connectivity index (χ4v) is 1.01. The molecule has 0 nitrogen and oxygen atoms in total. The van der Waals surface area contributed by atoms with Gasteiger partial charge in [0, 0.05) is 31.6 Å². The summed E-state index contributed by atoms with van der Waals surface area (Å²) in [6, 6.07) is 0. The maximum absolute atomic E-state index is 4.96. The van der Waals surface area contributed by atoms with Crippen molar-refractivity contribution in [1.82, 2.24) is 0 Å². The molecule has 4 heteroatoms. The number of rotatable bonds is 2. The van der Waals surface area contributed by atoms with Gasteiger partial charge >= 0.3 is 0 Å². The van der Waals surface area contributed by atoms with Crippen molar-refractivity contribution in [2.75, 3.05) is 0 Å². The van der Waals surface area contributed by atoms with E-state index in [0.29, 0.717) is 0 Å². The molecule has 14 heavy (non-hydrogen) atoms. The summed E-state index contributed by atoms with van der Waals surface area (Å²) >= 11 is 0. The molecule has 0 N–H and O–H groups in total. The third-order valence-corrected chi connectivity index (χ3v) is 1.75. The molecule has 0 amide bonds. The molecule has 0 bridgehead atoms. The Morgan fingerprint density at radius 1 is 1.14 bits per heavy atom. The van der Waals surface area contributed by atoms with Gasteiger partial charge in [-0.15, -0.1) is 0 Å². The van der Waals surface area contributed by atoms with Crippen LogP contribution >= 0.6 is 0 Å². The minimum atomic E-state index is 0. The van der Waals surface area contributed by atoms with Gasteiger partial charge in [-0.1, -0.05) is 37.5 Å². The van der Waals surface area contributed by atoms with Crippen LogP contribution < -0.4 is 0 Å². The molecule has 0 heterocycles. The molecule has 1 rings (SSSR count). The predicted octanol–water partition coefficient (Wildman–Crippen LogP) is 2.50. The Hall–Kier alpha value is 0.181. The van der Waals surface area contributed by atoms with Crippen LogP contribution in [0.25, 0.3) is 0 Å². The molecule has 0 saturated carbocycles. The van der Waals surface area contributed by atoms with E-state index in [-0.39, 0.29) is 16.8 Å². The third kappa shape index (κ3) is 14.7. The van der Waals surface area contributed by atoms with Crippen LogP contribution in [0, 0.1) is 0 Å². The van der Waals surface area contributed by atoms with E-state index in [4.69, 9.17) is 7.74 Å². The summed E-state index contributed by atoms with van der Waals surface area (Å²) in [4.78, 5) is 0. The fraction of sp³-hybridized carbons (Fsp3) is 0.600. The zero-order valence-corrected chi connectivity index (χ0v) is 9.95. The van der Waals surface area contributed by atoms with Crippen LogP contribution in [0.15, 0.2) is 24.3 Å². The minimum Gasteiger partial charge on any atom is -0.0923 e. The normalized spacial score (nSPS) is 13.8. The molecule has 0 aromatic heterocycles. The second-order valence-corrected chi connectivity index (χ2v) is 2.98. The van der Waals surface area contributed by atoms with Crippen LogP contribution in [-0.2, 0) is 16.8 Å². The number of hydrogen-bond donors (Lipinski definition) is 0. The Kier molecular flexibility index (Phi) is 18.6. The van der Waals surface area contributed by atoms with Crippen LogP contribution in [0.5, 0.6) is 0 Å². The molecule has 0 aromatic rings. The first-order chi connectivity index (χ1) is 6.41. The molecule has 0 aromatic carbocycles. The number of allylic oxidation sites excluding steroid dienone is 4. The maximum atomic E-state index is 4.96. The zero-order valence-electron chi connectivity index (χ0n) is 8.91. The first-order valence-electron chi connectivity index (χ1n) is 5.10. The van der Waals surface area contributed by atoms with Gasteiger partial charge in [0.15, 0.2) is 0 Å². The van der Waals surface area contributed by atoms with Crippen molar-refractivity contribution in [3.05, 3.63) is 24.3 Å². The molecule has 0 unspecified atom stereocenters. The Morgan fingerprint density at radius 3 is 1.93 bits per heavy atom. The van der Waals surface area contributed by atoms with Gasteiger partial charge in [0.25, 0.3) is 0 Å². The molecular formula is C10H17B3Co. The van der Waals surface area contributed by atoms with E-state index >= 15 is 0 Å². The van der Waals surface area contributed by atoms with Crippen LogP contribution in [0.4, 0.5) is 0 Å². The van der Waals surface area contributed by atoms with Crippen molar-refractivity contribution >= 4 is 22.0 Å². The van der Waals surface area contributed by atoms with Crippen molar-refractivity contribution < 1.29 is 16.8 Å². The Balaban J connectivity index is 0. The molecule has 0 saturated heterocycles. The first-order valence-corrected chi connectivity index (χ1v) is 5.10. The molecule has 0 fully saturated rings. The summed E-state index contributed by atoms with van der Waals surface area (Å²) < 4.78 is 0.